The van der Waals surface area contributed by atoms with Crippen LogP contribution in [0.25, 0.3) is 0 Å². The van der Waals surface area contributed by atoms with E-state index in [1.165, 1.54) is 19.3 Å². The maximum absolute atomic E-state index is 13.2. The summed E-state index contributed by atoms with van der Waals surface area (Å²) < 4.78 is 11.1. The van der Waals surface area contributed by atoms with Gasteiger partial charge in [0.2, 0.25) is 18.6 Å². The Labute approximate surface area is 222 Å². The van der Waals surface area contributed by atoms with Gasteiger partial charge in [-0.1, -0.05) is 12.8 Å². The smallest absolute Gasteiger partial charge is 0.307 e. The number of hydrogen-bond acceptors (Lipinski definition) is 6. The van der Waals surface area contributed by atoms with Gasteiger partial charge in [-0.3, -0.25) is 14.4 Å². The van der Waals surface area contributed by atoms with Crippen LogP contribution in [-0.2, 0) is 14.4 Å². The zero-order chi connectivity index (χ0) is 26.4. The predicted molar refractivity (Wildman–Crippen MR) is 140 cm³/mol. The van der Waals surface area contributed by atoms with E-state index in [4.69, 9.17) is 9.47 Å². The number of amides is 2. The summed E-state index contributed by atoms with van der Waals surface area (Å²) in [6.45, 7) is 1.85. The molecule has 38 heavy (non-hydrogen) atoms. The van der Waals surface area contributed by atoms with Gasteiger partial charge < -0.3 is 19.9 Å². The van der Waals surface area contributed by atoms with Gasteiger partial charge in [-0.15, -0.1) is 0 Å². The van der Waals surface area contributed by atoms with E-state index in [-0.39, 0.29) is 24.0 Å². The molecule has 9 nitrogen and oxygen atoms in total. The summed E-state index contributed by atoms with van der Waals surface area (Å²) in [5, 5.41) is 17.0. The molecule has 4 bridgehead atoms. The van der Waals surface area contributed by atoms with Gasteiger partial charge in [0.05, 0.1) is 23.2 Å². The molecule has 0 radical (unpaired) electrons. The van der Waals surface area contributed by atoms with E-state index in [9.17, 15) is 19.5 Å². The summed E-state index contributed by atoms with van der Waals surface area (Å²) in [6, 6.07) is 3.43. The van der Waals surface area contributed by atoms with Crippen molar-refractivity contribution in [3.63, 3.8) is 0 Å². The van der Waals surface area contributed by atoms with E-state index < -0.39 is 17.8 Å². The number of carbonyl (C=O) groups is 3. The van der Waals surface area contributed by atoms with Crippen LogP contribution < -0.4 is 20.2 Å². The molecule has 6 aliphatic rings. The fraction of sp³-hybridized carbons (Fsp3) is 0.655. The molecule has 1 aromatic carbocycles. The van der Waals surface area contributed by atoms with Gasteiger partial charge in [0.15, 0.2) is 11.5 Å². The molecule has 5 saturated carbocycles. The SMILES string of the molecule is C/C(=N/NC(=O)CC12CC3CC(CC(C3)C1)C2)c1cc2c(cc1NC(=O)[C@H]1CCCC[C@@H]1C(=O)O)OCO2. The maximum atomic E-state index is 13.2. The fourth-order valence-corrected chi connectivity index (χ4v) is 8.40. The van der Waals surface area contributed by atoms with Crippen LogP contribution in [0.4, 0.5) is 5.69 Å². The van der Waals surface area contributed by atoms with Crippen LogP contribution in [0.2, 0.25) is 0 Å². The van der Waals surface area contributed by atoms with Crippen molar-refractivity contribution < 1.29 is 29.0 Å². The summed E-state index contributed by atoms with van der Waals surface area (Å²) in [4.78, 5) is 38.0. The molecule has 3 N–H and O–H groups in total. The summed E-state index contributed by atoms with van der Waals surface area (Å²) in [6.07, 6.45) is 10.7. The minimum atomic E-state index is -0.935. The Bertz CT molecular complexity index is 1140. The van der Waals surface area contributed by atoms with Gasteiger partial charge in [0, 0.05) is 18.1 Å². The number of carbonyl (C=O) groups excluding carboxylic acids is 2. The number of nitrogens with one attached hydrogen (secondary N) is 2. The van der Waals surface area contributed by atoms with Gasteiger partial charge in [-0.25, -0.2) is 5.43 Å². The van der Waals surface area contributed by atoms with Crippen molar-refractivity contribution in [2.75, 3.05) is 12.1 Å². The van der Waals surface area contributed by atoms with Crippen LogP contribution in [0.15, 0.2) is 17.2 Å². The zero-order valence-corrected chi connectivity index (χ0v) is 22.0. The lowest BCUT2D eigenvalue weighted by atomic mass is 9.49. The number of aliphatic carboxylic acids is 1. The molecule has 204 valence electrons. The first-order chi connectivity index (χ1) is 18.3. The van der Waals surface area contributed by atoms with Gasteiger partial charge in [-0.05, 0) is 87.5 Å². The number of carboxylic acids is 1. The zero-order valence-electron chi connectivity index (χ0n) is 22.0. The fourth-order valence-electron chi connectivity index (χ4n) is 8.40. The molecule has 5 fully saturated rings. The molecular weight excluding hydrogens is 486 g/mol. The summed E-state index contributed by atoms with van der Waals surface area (Å²) in [5.41, 5.74) is 4.49. The average Bonchev–Trinajstić information content (AvgIpc) is 3.33. The molecular formula is C29H37N3O6. The van der Waals surface area contributed by atoms with Crippen LogP contribution in [-0.4, -0.2) is 35.4 Å². The number of nitrogens with zero attached hydrogens (tertiary/aromatic N) is 1. The van der Waals surface area contributed by atoms with Crippen molar-refractivity contribution in [2.45, 2.75) is 77.6 Å². The lowest BCUT2D eigenvalue weighted by Gasteiger charge is -2.56. The highest BCUT2D eigenvalue weighted by atomic mass is 16.7. The van der Waals surface area contributed by atoms with Crippen molar-refractivity contribution in [2.24, 2.45) is 40.1 Å². The third-order valence-electron chi connectivity index (χ3n) is 9.63. The van der Waals surface area contributed by atoms with E-state index >= 15 is 0 Å². The van der Waals surface area contributed by atoms with E-state index in [1.54, 1.807) is 19.1 Å². The van der Waals surface area contributed by atoms with Crippen molar-refractivity contribution in [3.8, 4) is 11.5 Å². The number of ether oxygens (including phenoxy) is 2. The second-order valence-corrected chi connectivity index (χ2v) is 12.4. The Balaban J connectivity index is 1.18. The van der Waals surface area contributed by atoms with Gasteiger partial charge in [-0.2, -0.15) is 5.10 Å². The molecule has 1 heterocycles. The van der Waals surface area contributed by atoms with Crippen molar-refractivity contribution in [1.82, 2.24) is 5.43 Å². The average molecular weight is 524 g/mol. The third-order valence-corrected chi connectivity index (χ3v) is 9.63. The van der Waals surface area contributed by atoms with Crippen LogP contribution in [0.3, 0.4) is 0 Å². The number of carboxylic acid groups (broad SMARTS) is 1. The largest absolute Gasteiger partial charge is 0.481 e. The Hall–Kier alpha value is -3.10. The van der Waals surface area contributed by atoms with E-state index in [0.717, 1.165) is 49.9 Å². The van der Waals surface area contributed by atoms with Crippen LogP contribution in [0, 0.1) is 35.0 Å². The topological polar surface area (TPSA) is 126 Å². The predicted octanol–water partition coefficient (Wildman–Crippen LogP) is 4.69. The summed E-state index contributed by atoms with van der Waals surface area (Å²) >= 11 is 0. The van der Waals surface area contributed by atoms with Crippen LogP contribution in [0.5, 0.6) is 11.5 Å². The molecule has 5 aliphatic carbocycles. The molecule has 1 aliphatic heterocycles. The molecule has 2 atom stereocenters. The van der Waals surface area contributed by atoms with E-state index in [0.29, 0.717) is 47.7 Å². The Morgan fingerprint density at radius 2 is 1.58 bits per heavy atom. The highest BCUT2D eigenvalue weighted by molar-refractivity contribution is 6.08. The highest BCUT2D eigenvalue weighted by Gasteiger charge is 2.51. The maximum Gasteiger partial charge on any atom is 0.307 e. The number of hydrazone groups is 1. The van der Waals surface area contributed by atoms with Gasteiger partial charge in [0.25, 0.3) is 0 Å². The first-order valence-electron chi connectivity index (χ1n) is 14.1. The molecule has 7 rings (SSSR count). The molecule has 0 spiro atoms. The normalized spacial score (nSPS) is 33.2. The second kappa shape index (κ2) is 9.89. The Morgan fingerprint density at radius 3 is 2.21 bits per heavy atom. The standard InChI is InChI=1S/C29H37N3O6/c1-16(31-32-26(33)14-29-11-17-6-18(12-29)8-19(7-17)13-29)22-9-24-25(38-15-37-24)10-23(22)30-27(34)20-4-2-3-5-21(20)28(35)36/h9-10,17-21H,2-8,11-15H2,1H3,(H,30,34)(H,32,33)(H,35,36)/b31-16-/t17?,18?,19?,20-,21-,29?/m0/s1. The van der Waals surface area contributed by atoms with Crippen molar-refractivity contribution in [3.05, 3.63) is 17.7 Å². The summed E-state index contributed by atoms with van der Waals surface area (Å²) in [5.74, 6) is 0.762. The molecule has 9 heteroatoms. The number of anilines is 1. The molecule has 2 amide bonds. The number of hydrogen-bond donors (Lipinski definition) is 3. The number of fused-ring (bicyclic) bond motifs is 1. The lowest BCUT2D eigenvalue weighted by molar-refractivity contribution is -0.147. The molecule has 1 aromatic rings. The highest BCUT2D eigenvalue weighted by Crippen LogP contribution is 2.61. The van der Waals surface area contributed by atoms with Gasteiger partial charge >= 0.3 is 5.97 Å². The minimum absolute atomic E-state index is 0.0656. The van der Waals surface area contributed by atoms with E-state index in [2.05, 4.69) is 15.8 Å². The molecule has 0 aromatic heterocycles. The van der Waals surface area contributed by atoms with Crippen LogP contribution >= 0.6 is 0 Å². The number of rotatable bonds is 7. The monoisotopic (exact) mass is 523 g/mol. The molecule has 0 saturated heterocycles. The third kappa shape index (κ3) is 4.87. The lowest BCUT2D eigenvalue weighted by Crippen LogP contribution is -2.47. The van der Waals surface area contributed by atoms with Crippen molar-refractivity contribution in [1.29, 1.82) is 0 Å². The van der Waals surface area contributed by atoms with Crippen molar-refractivity contribution >= 4 is 29.2 Å². The Kier molecular flexibility index (Phi) is 6.56. The van der Waals surface area contributed by atoms with Gasteiger partial charge in [0.1, 0.15) is 0 Å². The first-order valence-corrected chi connectivity index (χ1v) is 14.1. The van der Waals surface area contributed by atoms with E-state index in [1.807, 2.05) is 0 Å². The second-order valence-electron chi connectivity index (χ2n) is 12.4. The molecule has 0 unspecified atom stereocenters. The number of benzene rings is 1. The minimum Gasteiger partial charge on any atom is -0.481 e. The quantitative estimate of drug-likeness (QED) is 0.352. The summed E-state index contributed by atoms with van der Waals surface area (Å²) in [7, 11) is 0. The van der Waals surface area contributed by atoms with Crippen LogP contribution in [0.1, 0.15) is 83.1 Å². The first kappa shape index (κ1) is 25.2. The Morgan fingerprint density at radius 1 is 0.974 bits per heavy atom.